The van der Waals surface area contributed by atoms with Gasteiger partial charge in [-0.3, -0.25) is 0 Å². The van der Waals surface area contributed by atoms with Gasteiger partial charge in [-0.2, -0.15) is 0 Å². The summed E-state index contributed by atoms with van der Waals surface area (Å²) in [5.74, 6) is -0.453. The monoisotopic (exact) mass is 340 g/mol. The first-order valence-electron chi connectivity index (χ1n) is 7.95. The maximum absolute atomic E-state index is 11.3. The van der Waals surface area contributed by atoms with Gasteiger partial charge >= 0.3 is 0 Å². The number of carboxylic acid groups (broad SMARTS) is 1. The molecule has 0 unspecified atom stereocenters. The van der Waals surface area contributed by atoms with Crippen LogP contribution in [0.5, 0.6) is 5.75 Å². The number of aromatic carboxylic acids is 1. The summed E-state index contributed by atoms with van der Waals surface area (Å²) < 4.78 is 5.95. The molecule has 0 bridgehead atoms. The van der Waals surface area contributed by atoms with Crippen LogP contribution in [0.2, 0.25) is 0 Å². The summed E-state index contributed by atoms with van der Waals surface area (Å²) in [6.45, 7) is 4.43. The number of benzene rings is 2. The topological polar surface area (TPSA) is 62.2 Å². The van der Waals surface area contributed by atoms with Gasteiger partial charge in [-0.05, 0) is 30.2 Å². The highest BCUT2D eigenvalue weighted by molar-refractivity contribution is 7.17. The van der Waals surface area contributed by atoms with Gasteiger partial charge in [-0.15, -0.1) is 11.3 Å². The van der Waals surface area contributed by atoms with Crippen molar-refractivity contribution in [2.24, 2.45) is 0 Å². The number of aryl methyl sites for hydroxylation is 1. The summed E-state index contributed by atoms with van der Waals surface area (Å²) in [6.07, 6.45) is 2.02. The fourth-order valence-electron chi connectivity index (χ4n) is 2.61. The smallest absolute Gasteiger partial charge is 0.130 e. The van der Waals surface area contributed by atoms with E-state index in [9.17, 15) is 9.90 Å². The maximum Gasteiger partial charge on any atom is 0.130 e. The van der Waals surface area contributed by atoms with Crippen LogP contribution >= 0.6 is 11.3 Å². The Bertz CT molecular complexity index is 885. The van der Waals surface area contributed by atoms with Crippen molar-refractivity contribution >= 4 is 28.1 Å². The molecule has 0 amide bonds. The number of hydrogen-bond acceptors (Lipinski definition) is 5. The van der Waals surface area contributed by atoms with E-state index in [1.54, 1.807) is 6.92 Å². The molecule has 5 heteroatoms. The molecule has 0 atom stereocenters. The lowest BCUT2D eigenvalue weighted by Crippen LogP contribution is -2.21. The van der Waals surface area contributed by atoms with E-state index < -0.39 is 5.97 Å². The number of rotatable bonds is 6. The fourth-order valence-corrected chi connectivity index (χ4v) is 3.58. The first-order chi connectivity index (χ1) is 11.6. The largest absolute Gasteiger partial charge is 0.544 e. The molecule has 0 N–H and O–H groups in total. The van der Waals surface area contributed by atoms with Crippen molar-refractivity contribution in [2.45, 2.75) is 26.7 Å². The van der Waals surface area contributed by atoms with Crippen LogP contribution in [0, 0.1) is 6.92 Å². The molecule has 4 nitrogen and oxygen atoms in total. The lowest BCUT2D eigenvalue weighted by molar-refractivity contribution is -0.254. The molecule has 0 aliphatic heterocycles. The molecule has 0 aliphatic rings. The summed E-state index contributed by atoms with van der Waals surface area (Å²) in [7, 11) is 0. The Morgan fingerprint density at radius 3 is 2.75 bits per heavy atom. The Kier molecular flexibility index (Phi) is 4.81. The first-order valence-corrected chi connectivity index (χ1v) is 8.77. The molecule has 24 heavy (non-hydrogen) atoms. The van der Waals surface area contributed by atoms with Gasteiger partial charge in [0.15, 0.2) is 0 Å². The average Bonchev–Trinajstić information content (AvgIpc) is 2.96. The van der Waals surface area contributed by atoms with Gasteiger partial charge in [-0.1, -0.05) is 43.7 Å². The van der Waals surface area contributed by atoms with Crippen LogP contribution in [0.1, 0.15) is 35.1 Å². The Morgan fingerprint density at radius 1 is 1.25 bits per heavy atom. The molecular formula is C19H18NO3S-. The zero-order valence-electron chi connectivity index (χ0n) is 13.7. The van der Waals surface area contributed by atoms with Crippen LogP contribution in [-0.2, 0) is 0 Å². The Balaban J connectivity index is 2.17. The number of aromatic nitrogens is 1. The highest BCUT2D eigenvalue weighted by Gasteiger charge is 2.17. The number of nitrogens with zero attached hydrogens (tertiary/aromatic N) is 1. The maximum atomic E-state index is 11.3. The summed E-state index contributed by atoms with van der Waals surface area (Å²) in [6, 6.07) is 11.9. The molecule has 3 aromatic rings. The van der Waals surface area contributed by atoms with Crippen LogP contribution < -0.4 is 9.84 Å². The van der Waals surface area contributed by atoms with Crippen molar-refractivity contribution in [3.8, 4) is 16.3 Å². The molecular weight excluding hydrogens is 322 g/mol. The number of unbranched alkanes of at least 4 members (excludes halogenated alkanes) is 1. The van der Waals surface area contributed by atoms with Gasteiger partial charge < -0.3 is 14.6 Å². The highest BCUT2D eigenvalue weighted by atomic mass is 32.1. The number of thiazole rings is 1. The summed E-state index contributed by atoms with van der Waals surface area (Å²) in [5.41, 5.74) is 1.33. The van der Waals surface area contributed by atoms with Gasteiger partial charge in [0.2, 0.25) is 0 Å². The van der Waals surface area contributed by atoms with Crippen LogP contribution in [-0.4, -0.2) is 17.6 Å². The third-order valence-electron chi connectivity index (χ3n) is 3.84. The van der Waals surface area contributed by atoms with Crippen molar-refractivity contribution in [1.82, 2.24) is 4.98 Å². The van der Waals surface area contributed by atoms with Gasteiger partial charge in [-0.25, -0.2) is 4.98 Å². The van der Waals surface area contributed by atoms with E-state index >= 15 is 0 Å². The zero-order valence-corrected chi connectivity index (χ0v) is 14.5. The molecule has 1 heterocycles. The minimum Gasteiger partial charge on any atom is -0.544 e. The third-order valence-corrected chi connectivity index (χ3v) is 5.00. The van der Waals surface area contributed by atoms with Crippen LogP contribution in [0.15, 0.2) is 36.4 Å². The third kappa shape index (κ3) is 3.12. The summed E-state index contributed by atoms with van der Waals surface area (Å²) in [5, 5.41) is 14.0. The second kappa shape index (κ2) is 7.01. The van der Waals surface area contributed by atoms with Gasteiger partial charge in [0, 0.05) is 0 Å². The molecule has 0 spiro atoms. The second-order valence-electron chi connectivity index (χ2n) is 5.58. The van der Waals surface area contributed by atoms with Crippen molar-refractivity contribution in [3.63, 3.8) is 0 Å². The van der Waals surface area contributed by atoms with E-state index in [1.807, 2.05) is 36.4 Å². The fraction of sp³-hybridized carbons (Fsp3) is 0.263. The highest BCUT2D eigenvalue weighted by Crippen LogP contribution is 2.40. The normalized spacial score (nSPS) is 10.9. The number of hydrogen-bond donors (Lipinski definition) is 0. The van der Waals surface area contributed by atoms with Crippen molar-refractivity contribution < 1.29 is 14.6 Å². The predicted molar refractivity (Wildman–Crippen MR) is 94.5 cm³/mol. The molecule has 2 aromatic carbocycles. The second-order valence-corrected chi connectivity index (χ2v) is 6.58. The lowest BCUT2D eigenvalue weighted by atomic mass is 10.0. The molecule has 124 valence electrons. The molecule has 0 saturated heterocycles. The van der Waals surface area contributed by atoms with E-state index in [4.69, 9.17) is 4.74 Å². The molecule has 1 aromatic heterocycles. The predicted octanol–water partition coefficient (Wildman–Crippen LogP) is 3.81. The minimum atomic E-state index is -1.19. The Morgan fingerprint density at radius 2 is 2.04 bits per heavy atom. The number of carboxylic acids is 1. The van der Waals surface area contributed by atoms with E-state index in [0.717, 1.165) is 46.3 Å². The van der Waals surface area contributed by atoms with Crippen LogP contribution in [0.3, 0.4) is 0 Å². The zero-order chi connectivity index (χ0) is 17.1. The van der Waals surface area contributed by atoms with Gasteiger partial charge in [0.05, 0.1) is 28.7 Å². The standard InChI is InChI=1S/C19H19NO3S/c1-3-4-11-23-15-10-9-13-7-5-6-8-14(13)16(15)18-20-12(2)17(24-18)19(21)22/h5-10H,3-4,11H2,1-2H3,(H,21,22)/p-1. The van der Waals surface area contributed by atoms with Crippen molar-refractivity contribution in [2.75, 3.05) is 6.61 Å². The van der Waals surface area contributed by atoms with E-state index in [2.05, 4.69) is 11.9 Å². The van der Waals surface area contributed by atoms with Gasteiger partial charge in [0.25, 0.3) is 0 Å². The molecule has 0 saturated carbocycles. The van der Waals surface area contributed by atoms with Crippen molar-refractivity contribution in [1.29, 1.82) is 0 Å². The van der Waals surface area contributed by atoms with E-state index in [0.29, 0.717) is 17.3 Å². The van der Waals surface area contributed by atoms with Gasteiger partial charge in [0.1, 0.15) is 10.8 Å². The summed E-state index contributed by atoms with van der Waals surface area (Å²) in [4.78, 5) is 15.9. The van der Waals surface area contributed by atoms with Crippen molar-refractivity contribution in [3.05, 3.63) is 47.0 Å². The minimum absolute atomic E-state index is 0.164. The quantitative estimate of drug-likeness (QED) is 0.640. The molecule has 0 aliphatic carbocycles. The van der Waals surface area contributed by atoms with Crippen LogP contribution in [0.25, 0.3) is 21.3 Å². The van der Waals surface area contributed by atoms with Crippen LogP contribution in [0.4, 0.5) is 0 Å². The summed E-state index contributed by atoms with van der Waals surface area (Å²) >= 11 is 1.14. The molecule has 3 rings (SSSR count). The number of carbonyl (C=O) groups is 1. The van der Waals surface area contributed by atoms with E-state index in [-0.39, 0.29) is 4.88 Å². The SMILES string of the molecule is CCCCOc1ccc2ccccc2c1-c1nc(C)c(C(=O)[O-])s1. The average molecular weight is 340 g/mol. The number of fused-ring (bicyclic) bond motifs is 1. The Hall–Kier alpha value is -2.40. The van der Waals surface area contributed by atoms with E-state index in [1.165, 1.54) is 0 Å². The Labute approximate surface area is 144 Å². The number of ether oxygens (including phenoxy) is 1. The number of carbonyl (C=O) groups excluding carboxylic acids is 1. The first kappa shape index (κ1) is 16.5. The molecule has 0 fully saturated rings. The lowest BCUT2D eigenvalue weighted by Gasteiger charge is -2.12. The molecule has 0 radical (unpaired) electrons.